The molecule has 0 amide bonds. The van der Waals surface area contributed by atoms with Crippen molar-refractivity contribution in [1.29, 1.82) is 0 Å². The molecular weight excluding hydrogens is 236 g/mol. The van der Waals surface area contributed by atoms with Gasteiger partial charge in [0, 0.05) is 31.7 Å². The van der Waals surface area contributed by atoms with Gasteiger partial charge in [-0.15, -0.1) is 0 Å². The van der Waals surface area contributed by atoms with Crippen molar-refractivity contribution in [3.8, 4) is 0 Å². The van der Waals surface area contributed by atoms with E-state index in [1.165, 1.54) is 38.9 Å². The quantitative estimate of drug-likeness (QED) is 0.762. The molecule has 2 fully saturated rings. The Labute approximate surface area is 119 Å². The molecule has 0 saturated carbocycles. The van der Waals surface area contributed by atoms with Crippen LogP contribution in [0.1, 0.15) is 47.0 Å². The Morgan fingerprint density at radius 2 is 1.89 bits per heavy atom. The third-order valence-electron chi connectivity index (χ3n) is 4.68. The lowest BCUT2D eigenvalue weighted by Gasteiger charge is -2.49. The highest BCUT2D eigenvalue weighted by Crippen LogP contribution is 2.26. The molecule has 2 aliphatic rings. The molecule has 0 aromatic rings. The Bertz CT molecular complexity index is 267. The van der Waals surface area contributed by atoms with Gasteiger partial charge in [-0.1, -0.05) is 20.3 Å². The zero-order valence-corrected chi connectivity index (χ0v) is 13.3. The number of fused-ring (bicyclic) bond motifs is 1. The summed E-state index contributed by atoms with van der Waals surface area (Å²) in [4.78, 5) is 5.44. The average Bonchev–Trinajstić information content (AvgIpc) is 2.37. The van der Waals surface area contributed by atoms with Crippen LogP contribution >= 0.6 is 0 Å². The van der Waals surface area contributed by atoms with E-state index in [0.29, 0.717) is 12.1 Å². The molecule has 0 spiro atoms. The van der Waals surface area contributed by atoms with Crippen LogP contribution in [-0.2, 0) is 4.74 Å². The second-order valence-electron chi connectivity index (χ2n) is 6.87. The van der Waals surface area contributed by atoms with E-state index in [9.17, 15) is 0 Å². The summed E-state index contributed by atoms with van der Waals surface area (Å²) >= 11 is 0. The smallest absolute Gasteiger partial charge is 0.0597 e. The minimum atomic E-state index is 0.355. The van der Waals surface area contributed by atoms with Crippen LogP contribution in [0.15, 0.2) is 0 Å². The SMILES string of the molecule is CC(C)OCCN1CC2CCCCN2CC1C(C)C. The lowest BCUT2D eigenvalue weighted by molar-refractivity contribution is -0.0270. The molecule has 19 heavy (non-hydrogen) atoms. The molecule has 0 aromatic heterocycles. The first-order valence-corrected chi connectivity index (χ1v) is 8.17. The first-order valence-electron chi connectivity index (χ1n) is 8.17. The lowest BCUT2D eigenvalue weighted by atomic mass is 9.92. The number of piperazine rings is 1. The van der Waals surface area contributed by atoms with Gasteiger partial charge in [-0.3, -0.25) is 9.80 Å². The van der Waals surface area contributed by atoms with Gasteiger partial charge < -0.3 is 4.74 Å². The molecule has 0 radical (unpaired) electrons. The van der Waals surface area contributed by atoms with Gasteiger partial charge in [0.05, 0.1) is 12.7 Å². The summed E-state index contributed by atoms with van der Waals surface area (Å²) in [5, 5.41) is 0. The van der Waals surface area contributed by atoms with Gasteiger partial charge in [-0.2, -0.15) is 0 Å². The molecule has 3 heteroatoms. The second-order valence-corrected chi connectivity index (χ2v) is 6.87. The van der Waals surface area contributed by atoms with Gasteiger partial charge in [-0.05, 0) is 39.2 Å². The van der Waals surface area contributed by atoms with E-state index in [1.54, 1.807) is 0 Å². The molecule has 2 atom stereocenters. The van der Waals surface area contributed by atoms with Crippen LogP contribution in [0.5, 0.6) is 0 Å². The lowest BCUT2D eigenvalue weighted by Crippen LogP contribution is -2.61. The van der Waals surface area contributed by atoms with E-state index < -0.39 is 0 Å². The van der Waals surface area contributed by atoms with Crippen molar-refractivity contribution in [1.82, 2.24) is 9.80 Å². The first-order chi connectivity index (χ1) is 9.08. The Balaban J connectivity index is 1.90. The van der Waals surface area contributed by atoms with E-state index in [0.717, 1.165) is 25.1 Å². The molecule has 0 N–H and O–H groups in total. The number of nitrogens with zero attached hydrogens (tertiary/aromatic N) is 2. The zero-order chi connectivity index (χ0) is 13.8. The maximum Gasteiger partial charge on any atom is 0.0597 e. The van der Waals surface area contributed by atoms with E-state index in [-0.39, 0.29) is 0 Å². The first kappa shape index (κ1) is 15.3. The van der Waals surface area contributed by atoms with Crippen LogP contribution in [0, 0.1) is 5.92 Å². The molecule has 2 heterocycles. The van der Waals surface area contributed by atoms with Crippen molar-refractivity contribution in [3.63, 3.8) is 0 Å². The summed E-state index contributed by atoms with van der Waals surface area (Å²) in [6.45, 7) is 14.8. The fraction of sp³-hybridized carbons (Fsp3) is 1.00. The van der Waals surface area contributed by atoms with Crippen molar-refractivity contribution in [2.75, 3.05) is 32.8 Å². The third kappa shape index (κ3) is 4.17. The Hall–Kier alpha value is -0.120. The molecule has 0 bridgehead atoms. The van der Waals surface area contributed by atoms with Crippen molar-refractivity contribution in [3.05, 3.63) is 0 Å². The molecule has 2 aliphatic heterocycles. The highest BCUT2D eigenvalue weighted by atomic mass is 16.5. The summed E-state index contributed by atoms with van der Waals surface area (Å²) in [7, 11) is 0. The molecule has 3 nitrogen and oxygen atoms in total. The van der Waals surface area contributed by atoms with Crippen LogP contribution in [0.3, 0.4) is 0 Å². The van der Waals surface area contributed by atoms with Crippen molar-refractivity contribution >= 4 is 0 Å². The molecular formula is C16H32N2O. The Morgan fingerprint density at radius 1 is 1.11 bits per heavy atom. The third-order valence-corrected chi connectivity index (χ3v) is 4.68. The molecule has 0 aliphatic carbocycles. The minimum Gasteiger partial charge on any atom is -0.377 e. The van der Waals surface area contributed by atoms with E-state index >= 15 is 0 Å². The number of ether oxygens (including phenoxy) is 1. The summed E-state index contributed by atoms with van der Waals surface area (Å²) in [5.74, 6) is 0.738. The summed E-state index contributed by atoms with van der Waals surface area (Å²) < 4.78 is 5.75. The van der Waals surface area contributed by atoms with E-state index in [2.05, 4.69) is 37.5 Å². The highest BCUT2D eigenvalue weighted by molar-refractivity contribution is 4.91. The van der Waals surface area contributed by atoms with Crippen LogP contribution in [0.2, 0.25) is 0 Å². The highest BCUT2D eigenvalue weighted by Gasteiger charge is 2.35. The van der Waals surface area contributed by atoms with E-state index in [4.69, 9.17) is 4.74 Å². The maximum absolute atomic E-state index is 5.75. The Kier molecular flexibility index (Phi) is 5.67. The van der Waals surface area contributed by atoms with Gasteiger partial charge in [0.15, 0.2) is 0 Å². The van der Waals surface area contributed by atoms with Crippen LogP contribution < -0.4 is 0 Å². The summed E-state index contributed by atoms with van der Waals surface area (Å²) in [6.07, 6.45) is 4.57. The van der Waals surface area contributed by atoms with Crippen molar-refractivity contribution in [2.24, 2.45) is 5.92 Å². The monoisotopic (exact) mass is 268 g/mol. The van der Waals surface area contributed by atoms with Crippen LogP contribution in [-0.4, -0.2) is 60.8 Å². The number of hydrogen-bond donors (Lipinski definition) is 0. The van der Waals surface area contributed by atoms with Crippen molar-refractivity contribution in [2.45, 2.75) is 65.1 Å². The fourth-order valence-corrected chi connectivity index (χ4v) is 3.56. The van der Waals surface area contributed by atoms with Gasteiger partial charge in [0.2, 0.25) is 0 Å². The van der Waals surface area contributed by atoms with E-state index in [1.807, 2.05) is 0 Å². The van der Waals surface area contributed by atoms with Gasteiger partial charge in [-0.25, -0.2) is 0 Å². The second kappa shape index (κ2) is 7.05. The fourth-order valence-electron chi connectivity index (χ4n) is 3.56. The number of rotatable bonds is 5. The molecule has 2 unspecified atom stereocenters. The van der Waals surface area contributed by atoms with Gasteiger partial charge in [0.1, 0.15) is 0 Å². The number of piperidine rings is 1. The largest absolute Gasteiger partial charge is 0.377 e. The predicted molar refractivity (Wildman–Crippen MR) is 80.5 cm³/mol. The normalized spacial score (nSPS) is 30.0. The summed E-state index contributed by atoms with van der Waals surface area (Å²) in [6, 6.07) is 1.52. The molecule has 2 saturated heterocycles. The average molecular weight is 268 g/mol. The molecule has 2 rings (SSSR count). The topological polar surface area (TPSA) is 15.7 Å². The number of hydrogen-bond acceptors (Lipinski definition) is 3. The minimum absolute atomic E-state index is 0.355. The molecule has 112 valence electrons. The van der Waals surface area contributed by atoms with Gasteiger partial charge in [0.25, 0.3) is 0 Å². The Morgan fingerprint density at radius 3 is 2.58 bits per heavy atom. The van der Waals surface area contributed by atoms with Crippen LogP contribution in [0.4, 0.5) is 0 Å². The molecule has 0 aromatic carbocycles. The zero-order valence-electron chi connectivity index (χ0n) is 13.3. The maximum atomic E-state index is 5.75. The van der Waals surface area contributed by atoms with Crippen molar-refractivity contribution < 1.29 is 4.74 Å². The van der Waals surface area contributed by atoms with Crippen LogP contribution in [0.25, 0.3) is 0 Å². The summed E-state index contributed by atoms with van der Waals surface area (Å²) in [5.41, 5.74) is 0. The van der Waals surface area contributed by atoms with Gasteiger partial charge >= 0.3 is 0 Å². The standard InChI is InChI=1S/C16H32N2O/c1-13(2)16-12-17-8-6-5-7-15(17)11-18(16)9-10-19-14(3)4/h13-16H,5-12H2,1-4H3. The predicted octanol–water partition coefficient (Wildman–Crippen LogP) is 2.61.